The van der Waals surface area contributed by atoms with E-state index in [-0.39, 0.29) is 18.9 Å². The maximum Gasteiger partial charge on any atom is 1.00 e. The zero-order chi connectivity index (χ0) is 12.3. The molecule has 0 spiro atoms. The largest absolute Gasteiger partial charge is 1.00 e. The summed E-state index contributed by atoms with van der Waals surface area (Å²) < 4.78 is 2.31. The normalized spacial score (nSPS) is 11.3. The minimum atomic E-state index is 0. The summed E-state index contributed by atoms with van der Waals surface area (Å²) in [6.07, 6.45) is 0. The molecule has 0 saturated heterocycles. The number of fused-ring (bicyclic) bond motifs is 5. The summed E-state index contributed by atoms with van der Waals surface area (Å²) in [5, 5.41) is 5.42. The van der Waals surface area contributed by atoms with Crippen LogP contribution in [0.2, 0.25) is 0 Å². The van der Waals surface area contributed by atoms with Crippen LogP contribution in [0.25, 0.3) is 32.6 Å². The molecular weight excluding hydrogens is 225 g/mol. The van der Waals surface area contributed by atoms with Crippen LogP contribution in [-0.4, -0.2) is 4.57 Å². The van der Waals surface area contributed by atoms with Crippen molar-refractivity contribution in [2.75, 3.05) is 0 Å². The monoisotopic (exact) mass is 239 g/mol. The molecule has 1 nitrogen and oxygen atoms in total. The minimum Gasteiger partial charge on any atom is -0.388 e. The Bertz CT molecular complexity index is 896. The van der Waals surface area contributed by atoms with E-state index >= 15 is 0 Å². The molecule has 1 heterocycles. The summed E-state index contributed by atoms with van der Waals surface area (Å²) >= 11 is 0. The Labute approximate surface area is 124 Å². The van der Waals surface area contributed by atoms with Gasteiger partial charge in [-0.15, -0.1) is 17.5 Å². The summed E-state index contributed by atoms with van der Waals surface area (Å²) in [6.45, 7) is 2.15. The van der Waals surface area contributed by atoms with Gasteiger partial charge in [0.2, 0.25) is 0 Å². The Hall–Kier alpha value is -1.55. The van der Waals surface area contributed by atoms with Crippen molar-refractivity contribution >= 4 is 32.6 Å². The van der Waals surface area contributed by atoms with E-state index in [1.807, 2.05) is 0 Å². The third kappa shape index (κ3) is 1.59. The average molecular weight is 239 g/mol. The molecule has 0 atom stereocenters. The Morgan fingerprint density at radius 1 is 1.00 bits per heavy atom. The molecular formula is C17H14LiN. The summed E-state index contributed by atoms with van der Waals surface area (Å²) in [4.78, 5) is 0. The fourth-order valence-corrected chi connectivity index (χ4v) is 3.05. The molecule has 0 fully saturated rings. The predicted octanol–water partition coefficient (Wildman–Crippen LogP) is 1.52. The van der Waals surface area contributed by atoms with Gasteiger partial charge in [-0.05, 0) is 18.5 Å². The molecule has 19 heavy (non-hydrogen) atoms. The van der Waals surface area contributed by atoms with Crippen molar-refractivity contribution in [3.8, 4) is 0 Å². The van der Waals surface area contributed by atoms with E-state index < -0.39 is 0 Å². The third-order valence-corrected chi connectivity index (χ3v) is 3.91. The van der Waals surface area contributed by atoms with Gasteiger partial charge in [0.1, 0.15) is 0 Å². The zero-order valence-corrected chi connectivity index (χ0v) is 11.6. The fourth-order valence-electron chi connectivity index (χ4n) is 3.05. The van der Waals surface area contributed by atoms with Gasteiger partial charge >= 0.3 is 18.9 Å². The first kappa shape index (κ1) is 12.5. The number of aryl methyl sites for hydroxylation is 2. The molecule has 4 aromatic rings. The number of benzene rings is 2. The molecule has 2 heteroatoms. The summed E-state index contributed by atoms with van der Waals surface area (Å²) in [5.74, 6) is 0. The van der Waals surface area contributed by atoms with Gasteiger partial charge in [0.15, 0.2) is 0 Å². The minimum absolute atomic E-state index is 0. The molecule has 0 radical (unpaired) electrons. The molecule has 0 amide bonds. The van der Waals surface area contributed by atoms with E-state index in [0.717, 1.165) is 0 Å². The van der Waals surface area contributed by atoms with E-state index in [2.05, 4.69) is 67.1 Å². The number of nitrogens with zero attached hydrogens (tertiary/aromatic N) is 1. The number of hydrogen-bond donors (Lipinski definition) is 0. The van der Waals surface area contributed by atoms with Crippen molar-refractivity contribution in [1.82, 2.24) is 4.57 Å². The molecule has 1 aromatic heterocycles. The van der Waals surface area contributed by atoms with Crippen LogP contribution < -0.4 is 18.9 Å². The summed E-state index contributed by atoms with van der Waals surface area (Å²) in [6, 6.07) is 17.6. The molecule has 3 aromatic carbocycles. The predicted molar refractivity (Wildman–Crippen MR) is 78.3 cm³/mol. The summed E-state index contributed by atoms with van der Waals surface area (Å²) in [7, 11) is 2.16. The van der Waals surface area contributed by atoms with Gasteiger partial charge in [-0.25, -0.2) is 0 Å². The fraction of sp³-hybridized carbons (Fsp3) is 0.118. The smallest absolute Gasteiger partial charge is 0.388 e. The molecule has 0 aliphatic rings. The van der Waals surface area contributed by atoms with Crippen molar-refractivity contribution in [2.24, 2.45) is 7.05 Å². The quantitative estimate of drug-likeness (QED) is 0.324. The van der Waals surface area contributed by atoms with Crippen LogP contribution in [0.15, 0.2) is 48.5 Å². The van der Waals surface area contributed by atoms with Crippen molar-refractivity contribution in [3.05, 3.63) is 54.1 Å². The number of rotatable bonds is 0. The van der Waals surface area contributed by atoms with E-state index in [1.54, 1.807) is 0 Å². The molecule has 0 aliphatic carbocycles. The Balaban J connectivity index is 0.00000110. The molecule has 0 saturated carbocycles. The maximum atomic E-state index is 2.31. The first-order valence-corrected chi connectivity index (χ1v) is 6.29. The van der Waals surface area contributed by atoms with Gasteiger partial charge < -0.3 is 4.57 Å². The molecule has 0 N–H and O–H groups in total. The van der Waals surface area contributed by atoms with E-state index in [1.165, 1.54) is 38.1 Å². The molecule has 88 valence electrons. The topological polar surface area (TPSA) is 4.93 Å². The second-order valence-electron chi connectivity index (χ2n) is 5.07. The zero-order valence-electron chi connectivity index (χ0n) is 11.6. The number of aromatic nitrogens is 1. The number of hydrogen-bond acceptors (Lipinski definition) is 0. The molecule has 4 rings (SSSR count). The second-order valence-corrected chi connectivity index (χ2v) is 5.07. The van der Waals surface area contributed by atoms with Crippen LogP contribution in [0.5, 0.6) is 0 Å². The van der Waals surface area contributed by atoms with Gasteiger partial charge in [-0.1, -0.05) is 52.1 Å². The van der Waals surface area contributed by atoms with Crippen molar-refractivity contribution in [2.45, 2.75) is 6.92 Å². The van der Waals surface area contributed by atoms with E-state index in [4.69, 9.17) is 0 Å². The van der Waals surface area contributed by atoms with Crippen LogP contribution >= 0.6 is 0 Å². The molecule has 0 aliphatic heterocycles. The van der Waals surface area contributed by atoms with Crippen LogP contribution in [0.4, 0.5) is 0 Å². The maximum absolute atomic E-state index is 2.31. The summed E-state index contributed by atoms with van der Waals surface area (Å²) in [5.41, 5.74) is 3.99. The van der Waals surface area contributed by atoms with E-state index in [9.17, 15) is 0 Å². The Morgan fingerprint density at radius 3 is 2.63 bits per heavy atom. The van der Waals surface area contributed by atoms with Crippen molar-refractivity contribution < 1.29 is 18.9 Å². The van der Waals surface area contributed by atoms with Crippen LogP contribution in [0, 0.1) is 6.92 Å². The Morgan fingerprint density at radius 2 is 1.79 bits per heavy atom. The van der Waals surface area contributed by atoms with Gasteiger partial charge in [-0.2, -0.15) is 0 Å². The Kier molecular flexibility index (Phi) is 2.78. The van der Waals surface area contributed by atoms with Crippen LogP contribution in [0.1, 0.15) is 5.56 Å². The van der Waals surface area contributed by atoms with Gasteiger partial charge in [0, 0.05) is 12.6 Å². The van der Waals surface area contributed by atoms with E-state index in [0.29, 0.717) is 0 Å². The van der Waals surface area contributed by atoms with Crippen molar-refractivity contribution in [1.29, 1.82) is 0 Å². The van der Waals surface area contributed by atoms with Gasteiger partial charge in [0.25, 0.3) is 0 Å². The first-order valence-electron chi connectivity index (χ1n) is 6.29. The van der Waals surface area contributed by atoms with Crippen LogP contribution in [0.3, 0.4) is 0 Å². The van der Waals surface area contributed by atoms with Crippen molar-refractivity contribution in [3.63, 3.8) is 0 Å². The molecule has 0 unspecified atom stereocenters. The molecule has 0 bridgehead atoms. The van der Waals surface area contributed by atoms with Gasteiger partial charge in [-0.3, -0.25) is 0 Å². The standard InChI is InChI=1S/C17H14N.Li/c1-11-7-8-16-14(9-11)15-10-12-5-3-4-6-13(12)17(15)18(16)2;/h3-10H,1-2H3;/q-1;+1. The van der Waals surface area contributed by atoms with Gasteiger partial charge in [0.05, 0.1) is 0 Å². The SMILES string of the molecule is Cc1ccc2c(c1)c1[cH-]c3ccccc3c1n2C.[Li+]. The first-order chi connectivity index (χ1) is 8.75. The second kappa shape index (κ2) is 4.23. The average Bonchev–Trinajstić information content (AvgIpc) is 2.87. The third-order valence-electron chi connectivity index (χ3n) is 3.91. The van der Waals surface area contributed by atoms with Crippen LogP contribution in [-0.2, 0) is 7.05 Å².